The Hall–Kier alpha value is -3.91. The standard InChI is InChI=1S/C22H18ClN5O3/c1-31-17-5-3-2-4-14(17)22(30)26-9-12-6-7-13(16(23)8-12)19(29)15-10-25-21-18(15)20(24)27-11-28-21/h2-8,10-11H,9H2,1H3,(H,26,30)(H3,24,25,27,28). The van der Waals surface area contributed by atoms with Gasteiger partial charge in [-0.15, -0.1) is 0 Å². The van der Waals surface area contributed by atoms with Crippen molar-refractivity contribution in [2.45, 2.75) is 6.54 Å². The van der Waals surface area contributed by atoms with E-state index in [-0.39, 0.29) is 29.1 Å². The van der Waals surface area contributed by atoms with Crippen LogP contribution in [0, 0.1) is 0 Å². The van der Waals surface area contributed by atoms with E-state index in [0.717, 1.165) is 5.56 Å². The van der Waals surface area contributed by atoms with Crippen molar-refractivity contribution in [1.82, 2.24) is 20.3 Å². The first kappa shape index (κ1) is 20.4. The number of H-pyrrole nitrogens is 1. The smallest absolute Gasteiger partial charge is 0.255 e. The minimum atomic E-state index is -0.303. The number of ether oxygens (including phenoxy) is 1. The molecule has 2 heterocycles. The van der Waals surface area contributed by atoms with Gasteiger partial charge in [-0.05, 0) is 29.8 Å². The second-order valence-electron chi connectivity index (χ2n) is 6.71. The molecule has 1 amide bonds. The second-order valence-corrected chi connectivity index (χ2v) is 7.12. The van der Waals surface area contributed by atoms with Crippen LogP contribution in [0.15, 0.2) is 55.0 Å². The summed E-state index contributed by atoms with van der Waals surface area (Å²) in [4.78, 5) is 36.4. The van der Waals surface area contributed by atoms with Gasteiger partial charge in [-0.3, -0.25) is 9.59 Å². The average Bonchev–Trinajstić information content (AvgIpc) is 3.22. The van der Waals surface area contributed by atoms with E-state index in [9.17, 15) is 9.59 Å². The number of ketones is 1. The number of methoxy groups -OCH3 is 1. The number of rotatable bonds is 6. The van der Waals surface area contributed by atoms with Crippen LogP contribution < -0.4 is 15.8 Å². The SMILES string of the molecule is COc1ccccc1C(=O)NCc1ccc(C(=O)c2c[nH]c3ncnc(N)c23)c(Cl)c1. The molecule has 156 valence electrons. The van der Waals surface area contributed by atoms with Crippen molar-refractivity contribution in [2.24, 2.45) is 0 Å². The van der Waals surface area contributed by atoms with Gasteiger partial charge in [0.05, 0.1) is 28.6 Å². The molecule has 0 aliphatic heterocycles. The number of hydrogen-bond acceptors (Lipinski definition) is 6. The minimum Gasteiger partial charge on any atom is -0.496 e. The molecule has 4 rings (SSSR count). The van der Waals surface area contributed by atoms with Crippen molar-refractivity contribution >= 4 is 40.1 Å². The van der Waals surface area contributed by atoms with Crippen LogP contribution in [0.3, 0.4) is 0 Å². The minimum absolute atomic E-state index is 0.210. The number of nitrogens with two attached hydrogens (primary N) is 1. The number of fused-ring (bicyclic) bond motifs is 1. The van der Waals surface area contributed by atoms with Crippen molar-refractivity contribution < 1.29 is 14.3 Å². The largest absolute Gasteiger partial charge is 0.496 e. The highest BCUT2D eigenvalue weighted by molar-refractivity contribution is 6.35. The van der Waals surface area contributed by atoms with E-state index in [2.05, 4.69) is 20.3 Å². The molecule has 0 aliphatic carbocycles. The lowest BCUT2D eigenvalue weighted by Crippen LogP contribution is -2.23. The van der Waals surface area contributed by atoms with Crippen LogP contribution in [0.5, 0.6) is 5.75 Å². The van der Waals surface area contributed by atoms with Crippen LogP contribution in [0.1, 0.15) is 31.8 Å². The molecule has 4 N–H and O–H groups in total. The number of hydrogen-bond donors (Lipinski definition) is 3. The number of nitrogen functional groups attached to an aromatic ring is 1. The first-order chi connectivity index (χ1) is 15.0. The van der Waals surface area contributed by atoms with Crippen LogP contribution in [-0.4, -0.2) is 33.8 Å². The Balaban J connectivity index is 1.53. The number of carbonyl (C=O) groups is 2. The molecular weight excluding hydrogens is 418 g/mol. The van der Waals surface area contributed by atoms with Crippen molar-refractivity contribution in [3.8, 4) is 5.75 Å². The van der Waals surface area contributed by atoms with Gasteiger partial charge in [-0.25, -0.2) is 9.97 Å². The maximum absolute atomic E-state index is 13.0. The van der Waals surface area contributed by atoms with E-state index in [1.54, 1.807) is 42.5 Å². The van der Waals surface area contributed by atoms with Gasteiger partial charge in [0, 0.05) is 18.3 Å². The molecule has 9 heteroatoms. The van der Waals surface area contributed by atoms with E-state index < -0.39 is 0 Å². The Morgan fingerprint density at radius 3 is 2.71 bits per heavy atom. The third kappa shape index (κ3) is 3.93. The van der Waals surface area contributed by atoms with Crippen molar-refractivity contribution in [2.75, 3.05) is 12.8 Å². The quantitative estimate of drug-likeness (QED) is 0.399. The summed E-state index contributed by atoms with van der Waals surface area (Å²) in [6, 6.07) is 11.9. The molecule has 0 saturated carbocycles. The molecule has 2 aromatic carbocycles. The number of aromatic amines is 1. The van der Waals surface area contributed by atoms with E-state index in [1.807, 2.05) is 0 Å². The highest BCUT2D eigenvalue weighted by atomic mass is 35.5. The number of aromatic nitrogens is 3. The summed E-state index contributed by atoms with van der Waals surface area (Å²) in [5, 5.41) is 3.54. The van der Waals surface area contributed by atoms with Crippen LogP contribution in [0.2, 0.25) is 5.02 Å². The molecule has 0 radical (unpaired) electrons. The van der Waals surface area contributed by atoms with Crippen molar-refractivity contribution in [3.05, 3.63) is 82.3 Å². The third-order valence-corrected chi connectivity index (χ3v) is 5.14. The Kier molecular flexibility index (Phi) is 5.55. The molecule has 4 aromatic rings. The molecule has 31 heavy (non-hydrogen) atoms. The second kappa shape index (κ2) is 8.45. The summed E-state index contributed by atoms with van der Waals surface area (Å²) in [5.74, 6) is 0.118. The zero-order valence-corrected chi connectivity index (χ0v) is 17.2. The fourth-order valence-electron chi connectivity index (χ4n) is 3.27. The zero-order valence-electron chi connectivity index (χ0n) is 16.5. The number of nitrogens with one attached hydrogen (secondary N) is 2. The van der Waals surface area contributed by atoms with Crippen LogP contribution in [0.25, 0.3) is 11.0 Å². The maximum Gasteiger partial charge on any atom is 0.255 e. The van der Waals surface area contributed by atoms with E-state index >= 15 is 0 Å². The van der Waals surface area contributed by atoms with Crippen LogP contribution >= 0.6 is 11.6 Å². The topological polar surface area (TPSA) is 123 Å². The molecule has 0 bridgehead atoms. The molecule has 0 aliphatic rings. The van der Waals surface area contributed by atoms with Crippen molar-refractivity contribution in [3.63, 3.8) is 0 Å². The highest BCUT2D eigenvalue weighted by Gasteiger charge is 2.20. The van der Waals surface area contributed by atoms with Gasteiger partial charge in [0.15, 0.2) is 5.78 Å². The van der Waals surface area contributed by atoms with Gasteiger partial charge in [-0.2, -0.15) is 0 Å². The third-order valence-electron chi connectivity index (χ3n) is 4.83. The van der Waals surface area contributed by atoms with Crippen molar-refractivity contribution in [1.29, 1.82) is 0 Å². The number of amides is 1. The fraction of sp³-hybridized carbons (Fsp3) is 0.0909. The maximum atomic E-state index is 13.0. The predicted octanol–water partition coefficient (Wildman–Crippen LogP) is 3.36. The number of halogens is 1. The summed E-state index contributed by atoms with van der Waals surface area (Å²) in [7, 11) is 1.51. The molecule has 0 fully saturated rings. The van der Waals surface area contributed by atoms with Crippen LogP contribution in [-0.2, 0) is 6.54 Å². The van der Waals surface area contributed by atoms with E-state index in [4.69, 9.17) is 22.1 Å². The fourth-order valence-corrected chi connectivity index (χ4v) is 3.56. The highest BCUT2D eigenvalue weighted by Crippen LogP contribution is 2.27. The molecule has 0 atom stereocenters. The molecule has 2 aromatic heterocycles. The number of para-hydroxylation sites is 1. The monoisotopic (exact) mass is 435 g/mol. The lowest BCUT2D eigenvalue weighted by molar-refractivity contribution is 0.0947. The average molecular weight is 436 g/mol. The van der Waals surface area contributed by atoms with Gasteiger partial charge in [0.2, 0.25) is 0 Å². The number of anilines is 1. The molecule has 0 saturated heterocycles. The Bertz CT molecular complexity index is 1300. The van der Waals surface area contributed by atoms with Gasteiger partial charge >= 0.3 is 0 Å². The molecular formula is C22H18ClN5O3. The normalized spacial score (nSPS) is 10.8. The summed E-state index contributed by atoms with van der Waals surface area (Å²) in [6.07, 6.45) is 2.86. The summed E-state index contributed by atoms with van der Waals surface area (Å²) in [6.45, 7) is 0.235. The van der Waals surface area contributed by atoms with Gasteiger partial charge in [0.1, 0.15) is 23.5 Å². The number of nitrogens with zero attached hydrogens (tertiary/aromatic N) is 2. The molecule has 0 spiro atoms. The first-order valence-electron chi connectivity index (χ1n) is 9.31. The Morgan fingerprint density at radius 2 is 1.94 bits per heavy atom. The van der Waals surface area contributed by atoms with E-state index in [0.29, 0.717) is 33.5 Å². The van der Waals surface area contributed by atoms with Gasteiger partial charge < -0.3 is 20.8 Å². The Labute approximate surface area is 182 Å². The molecule has 8 nitrogen and oxygen atoms in total. The summed E-state index contributed by atoms with van der Waals surface area (Å²) >= 11 is 6.39. The lowest BCUT2D eigenvalue weighted by atomic mass is 10.0. The van der Waals surface area contributed by atoms with E-state index in [1.165, 1.54) is 19.6 Å². The Morgan fingerprint density at radius 1 is 1.13 bits per heavy atom. The first-order valence-corrected chi connectivity index (χ1v) is 9.69. The summed E-state index contributed by atoms with van der Waals surface area (Å²) in [5.41, 5.74) is 8.21. The van der Waals surface area contributed by atoms with Gasteiger partial charge in [-0.1, -0.05) is 29.8 Å². The molecule has 0 unspecified atom stereocenters. The van der Waals surface area contributed by atoms with Gasteiger partial charge in [0.25, 0.3) is 5.91 Å². The number of benzene rings is 2. The number of carbonyl (C=O) groups excluding carboxylic acids is 2. The summed E-state index contributed by atoms with van der Waals surface area (Å²) < 4.78 is 5.21. The predicted molar refractivity (Wildman–Crippen MR) is 117 cm³/mol. The zero-order chi connectivity index (χ0) is 22.0. The van der Waals surface area contributed by atoms with Crippen LogP contribution in [0.4, 0.5) is 5.82 Å². The lowest BCUT2D eigenvalue weighted by Gasteiger charge is -2.10.